The van der Waals surface area contributed by atoms with Gasteiger partial charge in [-0.05, 0) is 74.1 Å². The summed E-state index contributed by atoms with van der Waals surface area (Å²) in [6.07, 6.45) is 1.93. The predicted molar refractivity (Wildman–Crippen MR) is 170 cm³/mol. The maximum absolute atomic E-state index is 13.8. The van der Waals surface area contributed by atoms with E-state index in [0.717, 1.165) is 93.5 Å². The van der Waals surface area contributed by atoms with Crippen LogP contribution in [-0.2, 0) is 22.6 Å². The van der Waals surface area contributed by atoms with Crippen molar-refractivity contribution in [2.45, 2.75) is 52.7 Å². The normalized spacial score (nSPS) is 16.4. The number of hydrogen-bond acceptors (Lipinski definition) is 6. The van der Waals surface area contributed by atoms with Crippen molar-refractivity contribution in [3.63, 3.8) is 0 Å². The van der Waals surface area contributed by atoms with Crippen LogP contribution in [-0.4, -0.2) is 67.9 Å². The van der Waals surface area contributed by atoms with Gasteiger partial charge >= 0.3 is 0 Å². The number of aryl methyl sites for hydroxylation is 1. The number of ether oxygens (including phenoxy) is 2. The molecule has 1 aromatic heterocycles. The number of nitrogens with zero attached hydrogens (tertiary/aromatic N) is 3. The van der Waals surface area contributed by atoms with Crippen molar-refractivity contribution in [1.29, 1.82) is 0 Å². The lowest BCUT2D eigenvalue weighted by Gasteiger charge is -2.37. The Labute approximate surface area is 259 Å². The van der Waals surface area contributed by atoms with Gasteiger partial charge in [0.2, 0.25) is 0 Å². The van der Waals surface area contributed by atoms with E-state index in [1.54, 1.807) is 6.07 Å². The molecule has 3 heterocycles. The number of nitrogens with one attached hydrogen (secondary N) is 1. The van der Waals surface area contributed by atoms with Crippen LogP contribution in [0.25, 0.3) is 11.1 Å². The van der Waals surface area contributed by atoms with Crippen LogP contribution in [0, 0.1) is 13.8 Å². The second-order valence-corrected chi connectivity index (χ2v) is 11.8. The van der Waals surface area contributed by atoms with Gasteiger partial charge < -0.3 is 19.7 Å². The van der Waals surface area contributed by atoms with Crippen molar-refractivity contribution in [3.05, 3.63) is 80.6 Å². The first-order chi connectivity index (χ1) is 20.3. The Morgan fingerprint density at radius 3 is 2.36 bits per heavy atom. The van der Waals surface area contributed by atoms with Gasteiger partial charge in [0.25, 0.3) is 5.91 Å². The van der Waals surface area contributed by atoms with Gasteiger partial charge in [0, 0.05) is 74.5 Å². The van der Waals surface area contributed by atoms with Crippen LogP contribution in [0.4, 0.5) is 5.69 Å². The van der Waals surface area contributed by atoms with Gasteiger partial charge in [-0.2, -0.15) is 0 Å². The molecule has 2 saturated heterocycles. The van der Waals surface area contributed by atoms with Crippen molar-refractivity contribution in [2.24, 2.45) is 0 Å². The average Bonchev–Trinajstić information content (AvgIpc) is 2.99. The Hall–Kier alpha value is -2.68. The summed E-state index contributed by atoms with van der Waals surface area (Å²) in [5.74, 6) is -0.171. The molecular weight excluding hydrogens is 571 g/mol. The van der Waals surface area contributed by atoms with Crippen LogP contribution in [0.5, 0.6) is 0 Å². The van der Waals surface area contributed by atoms with Crippen molar-refractivity contribution >= 4 is 34.8 Å². The van der Waals surface area contributed by atoms with Gasteiger partial charge in [-0.25, -0.2) is 4.98 Å². The van der Waals surface area contributed by atoms with E-state index in [1.165, 1.54) is 5.56 Å². The van der Waals surface area contributed by atoms with E-state index in [0.29, 0.717) is 27.3 Å². The molecule has 2 aromatic carbocycles. The molecule has 0 atom stereocenters. The minimum atomic E-state index is -0.171. The maximum Gasteiger partial charge on any atom is 0.251 e. The lowest BCUT2D eigenvalue weighted by atomic mass is 9.94. The summed E-state index contributed by atoms with van der Waals surface area (Å²) in [6.45, 7) is 13.0. The molecule has 2 fully saturated rings. The molecule has 0 bridgehead atoms. The molecule has 224 valence electrons. The fraction of sp³-hybridized carbons (Fsp3) is 0.455. The Bertz CT molecular complexity index is 1360. The molecule has 2 aliphatic rings. The van der Waals surface area contributed by atoms with Crippen LogP contribution in [0.1, 0.15) is 52.5 Å². The number of amides is 1. The number of anilines is 1. The molecule has 0 unspecified atom stereocenters. The minimum Gasteiger partial charge on any atom is -0.381 e. The summed E-state index contributed by atoms with van der Waals surface area (Å²) < 4.78 is 11.1. The van der Waals surface area contributed by atoms with Crippen molar-refractivity contribution < 1.29 is 14.3 Å². The van der Waals surface area contributed by atoms with E-state index in [4.69, 9.17) is 32.7 Å². The van der Waals surface area contributed by atoms with Crippen LogP contribution in [0.2, 0.25) is 10.2 Å². The minimum absolute atomic E-state index is 0.171. The van der Waals surface area contributed by atoms with E-state index >= 15 is 0 Å². The third-order valence-electron chi connectivity index (χ3n) is 8.28. The topological polar surface area (TPSA) is 66.9 Å². The van der Waals surface area contributed by atoms with Crippen molar-refractivity contribution in [3.8, 4) is 11.1 Å². The summed E-state index contributed by atoms with van der Waals surface area (Å²) in [5.41, 5.74) is 7.37. The van der Waals surface area contributed by atoms with Crippen molar-refractivity contribution in [2.75, 3.05) is 51.0 Å². The largest absolute Gasteiger partial charge is 0.381 e. The molecule has 0 aliphatic carbocycles. The summed E-state index contributed by atoms with van der Waals surface area (Å²) in [5, 5.41) is 3.85. The standard InChI is InChI=1S/C33H40Cl2N4O3/c1-4-39(27-9-13-41-14-10-27)31-19-26(25-7-5-24(6-8-25)21-38-11-15-42-16-12-38)18-28(23(31)3)33(40)36-20-29-30(34)17-22(2)37-32(29)35/h5-8,17-19,27H,4,9-16,20-21H2,1-3H3,(H,36,40). The van der Waals surface area contributed by atoms with Gasteiger partial charge in [0.05, 0.1) is 18.2 Å². The highest BCUT2D eigenvalue weighted by Gasteiger charge is 2.25. The first kappa shape index (κ1) is 30.8. The Balaban J connectivity index is 1.46. The summed E-state index contributed by atoms with van der Waals surface area (Å²) in [7, 11) is 0. The third kappa shape index (κ3) is 7.26. The number of halogens is 2. The zero-order chi connectivity index (χ0) is 29.6. The van der Waals surface area contributed by atoms with Crippen LogP contribution < -0.4 is 10.2 Å². The number of aromatic nitrogens is 1. The van der Waals surface area contributed by atoms with Crippen molar-refractivity contribution in [1.82, 2.24) is 15.2 Å². The molecule has 42 heavy (non-hydrogen) atoms. The Morgan fingerprint density at radius 1 is 1.00 bits per heavy atom. The number of carbonyl (C=O) groups is 1. The molecule has 5 rings (SSSR count). The highest BCUT2D eigenvalue weighted by Crippen LogP contribution is 2.34. The van der Waals surface area contributed by atoms with Gasteiger partial charge in [0.15, 0.2) is 0 Å². The fourth-order valence-corrected chi connectivity index (χ4v) is 6.55. The Morgan fingerprint density at radius 2 is 1.69 bits per heavy atom. The molecule has 0 saturated carbocycles. The molecule has 7 nitrogen and oxygen atoms in total. The van der Waals surface area contributed by atoms with E-state index < -0.39 is 0 Å². The molecule has 1 amide bonds. The number of benzene rings is 2. The number of morpholine rings is 1. The fourth-order valence-electron chi connectivity index (χ4n) is 5.89. The number of hydrogen-bond donors (Lipinski definition) is 1. The first-order valence-corrected chi connectivity index (χ1v) is 15.6. The number of carbonyl (C=O) groups excluding carboxylic acids is 1. The lowest BCUT2D eigenvalue weighted by molar-refractivity contribution is 0.0342. The average molecular weight is 612 g/mol. The molecular formula is C33H40Cl2N4O3. The Kier molecular flexibility index (Phi) is 10.4. The third-order valence-corrected chi connectivity index (χ3v) is 8.93. The molecule has 9 heteroatoms. The number of pyridine rings is 1. The number of rotatable bonds is 9. The first-order valence-electron chi connectivity index (χ1n) is 14.8. The zero-order valence-electron chi connectivity index (χ0n) is 24.7. The molecule has 0 radical (unpaired) electrons. The van der Waals surface area contributed by atoms with E-state index in [9.17, 15) is 4.79 Å². The second kappa shape index (κ2) is 14.2. The molecule has 1 N–H and O–H groups in total. The van der Waals surface area contributed by atoms with Crippen LogP contribution in [0.3, 0.4) is 0 Å². The van der Waals surface area contributed by atoms with Crippen LogP contribution in [0.15, 0.2) is 42.5 Å². The quantitative estimate of drug-likeness (QED) is 0.281. The van der Waals surface area contributed by atoms with Gasteiger partial charge in [-0.15, -0.1) is 0 Å². The molecule has 0 spiro atoms. The highest BCUT2D eigenvalue weighted by molar-refractivity contribution is 6.35. The van der Waals surface area contributed by atoms with Crippen LogP contribution >= 0.6 is 23.2 Å². The summed E-state index contributed by atoms with van der Waals surface area (Å²) >= 11 is 12.8. The molecule has 2 aliphatic heterocycles. The smallest absolute Gasteiger partial charge is 0.251 e. The van der Waals surface area contributed by atoms with Gasteiger partial charge in [-0.3, -0.25) is 9.69 Å². The predicted octanol–water partition coefficient (Wildman–Crippen LogP) is 6.44. The zero-order valence-corrected chi connectivity index (χ0v) is 26.2. The lowest BCUT2D eigenvalue weighted by Crippen LogP contribution is -2.40. The van der Waals surface area contributed by atoms with E-state index in [-0.39, 0.29) is 12.5 Å². The van der Waals surface area contributed by atoms with Gasteiger partial charge in [-0.1, -0.05) is 47.5 Å². The molecule has 3 aromatic rings. The summed E-state index contributed by atoms with van der Waals surface area (Å²) in [4.78, 5) is 22.9. The monoisotopic (exact) mass is 610 g/mol. The highest BCUT2D eigenvalue weighted by atomic mass is 35.5. The maximum atomic E-state index is 13.8. The van der Waals surface area contributed by atoms with E-state index in [1.807, 2.05) is 19.9 Å². The summed E-state index contributed by atoms with van der Waals surface area (Å²) in [6, 6.07) is 15.1. The SMILES string of the molecule is CCN(c1cc(-c2ccc(CN3CCOCC3)cc2)cc(C(=O)NCc2c(Cl)cc(C)nc2Cl)c1C)C1CCOCC1. The van der Waals surface area contributed by atoms with E-state index in [2.05, 4.69) is 57.4 Å². The second-order valence-electron chi connectivity index (χ2n) is 11.1. The van der Waals surface area contributed by atoms with Gasteiger partial charge in [0.1, 0.15) is 5.15 Å².